The first-order valence-electron chi connectivity index (χ1n) is 7.17. The number of sulfonamides is 1. The van der Waals surface area contributed by atoms with Crippen molar-refractivity contribution in [3.8, 4) is 5.88 Å². The molecule has 0 amide bonds. The molecule has 7 nitrogen and oxygen atoms in total. The average Bonchev–Trinajstić information content (AvgIpc) is 2.62. The average molecular weight is 421 g/mol. The van der Waals surface area contributed by atoms with Crippen LogP contribution in [0.4, 0.5) is 5.82 Å². The summed E-state index contributed by atoms with van der Waals surface area (Å²) < 4.78 is 33.7. The van der Waals surface area contributed by atoms with Gasteiger partial charge in [-0.3, -0.25) is 9.71 Å². The molecule has 0 saturated carbocycles. The molecule has 9 heteroatoms. The Labute approximate surface area is 153 Å². The van der Waals surface area contributed by atoms with E-state index in [0.717, 1.165) is 4.47 Å². The number of ether oxygens (including phenoxy) is 1. The molecule has 0 saturated heterocycles. The molecular weight excluding hydrogens is 408 g/mol. The van der Waals surface area contributed by atoms with Crippen molar-refractivity contribution in [2.75, 3.05) is 4.72 Å². The molecule has 0 radical (unpaired) electrons. The number of halogens is 1. The van der Waals surface area contributed by atoms with Crippen molar-refractivity contribution in [1.82, 2.24) is 15.0 Å². The van der Waals surface area contributed by atoms with Gasteiger partial charge in [0.2, 0.25) is 5.82 Å². The summed E-state index contributed by atoms with van der Waals surface area (Å²) in [7, 11) is -3.80. The minimum absolute atomic E-state index is 0.0151. The maximum Gasteiger partial charge on any atom is 0.263 e. The minimum Gasteiger partial charge on any atom is -0.469 e. The normalized spacial score (nSPS) is 11.1. The second kappa shape index (κ2) is 7.58. The molecular formula is C16H13BrN4O3S. The minimum atomic E-state index is -3.80. The SMILES string of the molecule is O=S(=O)(Nc1nccnc1OCc1ccccn1)c1ccc(Br)cc1. The first-order chi connectivity index (χ1) is 12.0. The lowest BCUT2D eigenvalue weighted by Crippen LogP contribution is -2.15. The van der Waals surface area contributed by atoms with Crippen LogP contribution in [0.3, 0.4) is 0 Å². The number of rotatable bonds is 6. The van der Waals surface area contributed by atoms with E-state index in [4.69, 9.17) is 4.74 Å². The Morgan fingerprint density at radius 2 is 1.72 bits per heavy atom. The summed E-state index contributed by atoms with van der Waals surface area (Å²) in [5.41, 5.74) is 0.690. The van der Waals surface area contributed by atoms with Crippen LogP contribution >= 0.6 is 15.9 Å². The fraction of sp³-hybridized carbons (Fsp3) is 0.0625. The Morgan fingerprint density at radius 3 is 2.44 bits per heavy atom. The Balaban J connectivity index is 1.79. The number of hydrogen-bond acceptors (Lipinski definition) is 6. The van der Waals surface area contributed by atoms with Gasteiger partial charge in [-0.25, -0.2) is 18.4 Å². The monoisotopic (exact) mass is 420 g/mol. The van der Waals surface area contributed by atoms with Crippen LogP contribution < -0.4 is 9.46 Å². The van der Waals surface area contributed by atoms with Gasteiger partial charge in [0.05, 0.1) is 10.6 Å². The molecule has 0 fully saturated rings. The van der Waals surface area contributed by atoms with Crippen LogP contribution in [0.2, 0.25) is 0 Å². The summed E-state index contributed by atoms with van der Waals surface area (Å²) in [6, 6.07) is 11.7. The van der Waals surface area contributed by atoms with E-state index in [1.807, 2.05) is 6.07 Å². The van der Waals surface area contributed by atoms with Gasteiger partial charge in [0, 0.05) is 23.1 Å². The molecule has 0 atom stereocenters. The van der Waals surface area contributed by atoms with Gasteiger partial charge in [0.1, 0.15) is 6.61 Å². The van der Waals surface area contributed by atoms with Crippen LogP contribution in [0.25, 0.3) is 0 Å². The Kier molecular flexibility index (Phi) is 5.25. The first-order valence-corrected chi connectivity index (χ1v) is 9.44. The second-order valence-electron chi connectivity index (χ2n) is 4.88. The van der Waals surface area contributed by atoms with Crippen LogP contribution in [0, 0.1) is 0 Å². The van der Waals surface area contributed by atoms with Crippen molar-refractivity contribution < 1.29 is 13.2 Å². The molecule has 2 aromatic heterocycles. The van der Waals surface area contributed by atoms with E-state index in [2.05, 4.69) is 35.6 Å². The highest BCUT2D eigenvalue weighted by molar-refractivity contribution is 9.10. The third kappa shape index (κ3) is 4.52. The lowest BCUT2D eigenvalue weighted by atomic mass is 10.4. The van der Waals surface area contributed by atoms with Gasteiger partial charge >= 0.3 is 0 Å². The highest BCUT2D eigenvalue weighted by Crippen LogP contribution is 2.23. The zero-order valence-corrected chi connectivity index (χ0v) is 15.2. The third-order valence-corrected chi connectivity index (χ3v) is 4.99. The number of pyridine rings is 1. The predicted octanol–water partition coefficient (Wildman–Crippen LogP) is 3.01. The van der Waals surface area contributed by atoms with E-state index >= 15 is 0 Å². The molecule has 0 unspecified atom stereocenters. The molecule has 0 spiro atoms. The molecule has 3 aromatic rings. The molecule has 3 rings (SSSR count). The van der Waals surface area contributed by atoms with E-state index in [1.54, 1.807) is 30.5 Å². The van der Waals surface area contributed by atoms with Crippen LogP contribution in [0.1, 0.15) is 5.69 Å². The lowest BCUT2D eigenvalue weighted by molar-refractivity contribution is 0.290. The maximum absolute atomic E-state index is 12.5. The summed E-state index contributed by atoms with van der Waals surface area (Å²) in [5, 5.41) is 0. The first kappa shape index (κ1) is 17.3. The Bertz CT molecular complexity index is 951. The molecule has 25 heavy (non-hydrogen) atoms. The summed E-state index contributed by atoms with van der Waals surface area (Å²) >= 11 is 3.27. The van der Waals surface area contributed by atoms with Gasteiger partial charge in [-0.05, 0) is 36.4 Å². The summed E-state index contributed by atoms with van der Waals surface area (Å²) in [6.07, 6.45) is 4.45. The van der Waals surface area contributed by atoms with Crippen molar-refractivity contribution in [3.05, 3.63) is 71.2 Å². The van der Waals surface area contributed by atoms with Gasteiger partial charge in [0.25, 0.3) is 15.9 Å². The molecule has 0 aliphatic rings. The largest absolute Gasteiger partial charge is 0.469 e. The van der Waals surface area contributed by atoms with E-state index in [1.165, 1.54) is 24.5 Å². The molecule has 128 valence electrons. The van der Waals surface area contributed by atoms with E-state index < -0.39 is 10.0 Å². The number of benzene rings is 1. The number of nitrogens with zero attached hydrogens (tertiary/aromatic N) is 3. The number of aromatic nitrogens is 3. The van der Waals surface area contributed by atoms with Gasteiger partial charge < -0.3 is 4.74 Å². The highest BCUT2D eigenvalue weighted by Gasteiger charge is 2.18. The Hall–Kier alpha value is -2.52. The second-order valence-corrected chi connectivity index (χ2v) is 7.48. The van der Waals surface area contributed by atoms with Crippen LogP contribution in [0.5, 0.6) is 5.88 Å². The molecule has 0 aliphatic heterocycles. The van der Waals surface area contributed by atoms with Crippen molar-refractivity contribution in [2.24, 2.45) is 0 Å². The summed E-state index contributed by atoms with van der Waals surface area (Å²) in [6.45, 7) is 0.145. The number of nitrogens with one attached hydrogen (secondary N) is 1. The fourth-order valence-electron chi connectivity index (χ4n) is 1.93. The number of hydrogen-bond donors (Lipinski definition) is 1. The van der Waals surface area contributed by atoms with Crippen LogP contribution in [-0.4, -0.2) is 23.4 Å². The van der Waals surface area contributed by atoms with Crippen molar-refractivity contribution >= 4 is 31.8 Å². The molecule has 1 aromatic carbocycles. The highest BCUT2D eigenvalue weighted by atomic mass is 79.9. The molecule has 1 N–H and O–H groups in total. The maximum atomic E-state index is 12.5. The lowest BCUT2D eigenvalue weighted by Gasteiger charge is -2.11. The zero-order chi connectivity index (χ0) is 17.7. The summed E-state index contributed by atoms with van der Waals surface area (Å²) in [5.74, 6) is 0.0928. The van der Waals surface area contributed by atoms with Crippen LogP contribution in [0.15, 0.2) is 70.4 Å². The van der Waals surface area contributed by atoms with Crippen molar-refractivity contribution in [2.45, 2.75) is 11.5 Å². The van der Waals surface area contributed by atoms with E-state index in [-0.39, 0.29) is 23.2 Å². The van der Waals surface area contributed by atoms with Gasteiger partial charge in [-0.1, -0.05) is 22.0 Å². The Morgan fingerprint density at radius 1 is 0.960 bits per heavy atom. The van der Waals surface area contributed by atoms with Gasteiger partial charge in [-0.2, -0.15) is 0 Å². The third-order valence-electron chi connectivity index (χ3n) is 3.10. The topological polar surface area (TPSA) is 94.1 Å². The quantitative estimate of drug-likeness (QED) is 0.658. The van der Waals surface area contributed by atoms with E-state index in [9.17, 15) is 8.42 Å². The van der Waals surface area contributed by atoms with Crippen molar-refractivity contribution in [3.63, 3.8) is 0 Å². The van der Waals surface area contributed by atoms with E-state index in [0.29, 0.717) is 5.69 Å². The molecule has 0 bridgehead atoms. The number of anilines is 1. The predicted molar refractivity (Wildman–Crippen MR) is 95.6 cm³/mol. The smallest absolute Gasteiger partial charge is 0.263 e. The molecule has 0 aliphatic carbocycles. The van der Waals surface area contributed by atoms with Crippen molar-refractivity contribution in [1.29, 1.82) is 0 Å². The van der Waals surface area contributed by atoms with Gasteiger partial charge in [0.15, 0.2) is 0 Å². The zero-order valence-electron chi connectivity index (χ0n) is 12.8. The van der Waals surface area contributed by atoms with Crippen LogP contribution in [-0.2, 0) is 16.6 Å². The molecule has 2 heterocycles. The fourth-order valence-corrected chi connectivity index (χ4v) is 3.20. The summed E-state index contributed by atoms with van der Waals surface area (Å²) in [4.78, 5) is 12.3. The standard InChI is InChI=1S/C16H13BrN4O3S/c17-12-4-6-14(7-5-12)25(22,23)21-15-16(20-10-9-19-15)24-11-13-3-1-2-8-18-13/h1-10H,11H2,(H,19,21). The van der Waals surface area contributed by atoms with Gasteiger partial charge in [-0.15, -0.1) is 0 Å².